The lowest BCUT2D eigenvalue weighted by molar-refractivity contribution is 0.247. The fourth-order valence-electron chi connectivity index (χ4n) is 3.76. The maximum atomic E-state index is 6.07. The predicted molar refractivity (Wildman–Crippen MR) is 99.7 cm³/mol. The van der Waals surface area contributed by atoms with Crippen LogP contribution in [-0.4, -0.2) is 41.2 Å². The Morgan fingerprint density at radius 1 is 1.23 bits per heavy atom. The molecule has 0 spiro atoms. The standard InChI is InChI=1S/C18H20N8/c1-18(19)8-12(9-18)21-17-20-10-16-13(5-6-26(16)23-17)11-3-4-14-15(7-11)25(2)24-22-14/h3-7,10,12H,8-9,19H2,1-2H3,(H,21,23). The second-order valence-electron chi connectivity index (χ2n) is 7.46. The first kappa shape index (κ1) is 15.3. The number of hydrogen-bond acceptors (Lipinski definition) is 6. The van der Waals surface area contributed by atoms with Crippen molar-refractivity contribution in [1.82, 2.24) is 29.6 Å². The number of anilines is 1. The molecular weight excluding hydrogens is 328 g/mol. The Balaban J connectivity index is 1.48. The Morgan fingerprint density at radius 3 is 2.88 bits per heavy atom. The number of rotatable bonds is 3. The van der Waals surface area contributed by atoms with Gasteiger partial charge in [-0.2, -0.15) is 0 Å². The van der Waals surface area contributed by atoms with Crippen molar-refractivity contribution in [3.63, 3.8) is 0 Å². The van der Waals surface area contributed by atoms with Gasteiger partial charge in [0.25, 0.3) is 0 Å². The van der Waals surface area contributed by atoms with Gasteiger partial charge < -0.3 is 11.1 Å². The summed E-state index contributed by atoms with van der Waals surface area (Å²) in [7, 11) is 1.89. The number of nitrogens with one attached hydrogen (secondary N) is 1. The van der Waals surface area contributed by atoms with E-state index in [0.717, 1.165) is 40.5 Å². The Morgan fingerprint density at radius 2 is 2.08 bits per heavy atom. The molecule has 1 aliphatic rings. The van der Waals surface area contributed by atoms with E-state index in [1.54, 1.807) is 4.68 Å². The highest BCUT2D eigenvalue weighted by atomic mass is 15.4. The number of nitrogens with two attached hydrogens (primary N) is 1. The van der Waals surface area contributed by atoms with Gasteiger partial charge in [0.05, 0.1) is 17.2 Å². The molecule has 0 aliphatic heterocycles. The molecule has 1 aromatic carbocycles. The van der Waals surface area contributed by atoms with Gasteiger partial charge in [-0.05, 0) is 43.5 Å². The summed E-state index contributed by atoms with van der Waals surface area (Å²) in [5, 5.41) is 16.1. The minimum Gasteiger partial charge on any atom is -0.350 e. The van der Waals surface area contributed by atoms with Crippen LogP contribution in [0.4, 0.5) is 5.95 Å². The lowest BCUT2D eigenvalue weighted by Gasteiger charge is -2.42. The molecule has 1 saturated carbocycles. The normalized spacial score (nSPS) is 22.7. The predicted octanol–water partition coefficient (Wildman–Crippen LogP) is 1.97. The van der Waals surface area contributed by atoms with Gasteiger partial charge in [0.1, 0.15) is 5.52 Å². The van der Waals surface area contributed by atoms with E-state index in [4.69, 9.17) is 5.73 Å². The van der Waals surface area contributed by atoms with Gasteiger partial charge in [-0.1, -0.05) is 11.3 Å². The maximum Gasteiger partial charge on any atom is 0.241 e. The number of benzene rings is 1. The maximum absolute atomic E-state index is 6.07. The topological polar surface area (TPSA) is 99.0 Å². The number of fused-ring (bicyclic) bond motifs is 2. The summed E-state index contributed by atoms with van der Waals surface area (Å²) in [4.78, 5) is 4.49. The van der Waals surface area contributed by atoms with Gasteiger partial charge in [0.15, 0.2) is 0 Å². The van der Waals surface area contributed by atoms with Gasteiger partial charge in [-0.25, -0.2) is 14.2 Å². The first-order valence-electron chi connectivity index (χ1n) is 8.68. The second-order valence-corrected chi connectivity index (χ2v) is 7.46. The molecule has 1 fully saturated rings. The molecule has 1 aliphatic carbocycles. The molecule has 3 heterocycles. The fraction of sp³-hybridized carbons (Fsp3) is 0.333. The molecule has 0 unspecified atom stereocenters. The highest BCUT2D eigenvalue weighted by Gasteiger charge is 2.37. The van der Waals surface area contributed by atoms with Crippen molar-refractivity contribution in [2.75, 3.05) is 5.32 Å². The third-order valence-corrected chi connectivity index (χ3v) is 5.10. The van der Waals surface area contributed by atoms with Crippen LogP contribution in [-0.2, 0) is 7.05 Å². The monoisotopic (exact) mass is 348 g/mol. The zero-order valence-corrected chi connectivity index (χ0v) is 14.7. The number of hydrogen-bond donors (Lipinski definition) is 2. The van der Waals surface area contributed by atoms with E-state index < -0.39 is 0 Å². The van der Waals surface area contributed by atoms with Crippen molar-refractivity contribution in [3.8, 4) is 11.1 Å². The van der Waals surface area contributed by atoms with E-state index in [-0.39, 0.29) is 5.54 Å². The molecule has 4 aromatic rings. The van der Waals surface area contributed by atoms with E-state index >= 15 is 0 Å². The average molecular weight is 348 g/mol. The lowest BCUT2D eigenvalue weighted by Crippen LogP contribution is -2.54. The van der Waals surface area contributed by atoms with Crippen molar-refractivity contribution >= 4 is 22.5 Å². The van der Waals surface area contributed by atoms with Gasteiger partial charge in [0.2, 0.25) is 5.95 Å². The summed E-state index contributed by atoms with van der Waals surface area (Å²) in [6.07, 6.45) is 5.68. The van der Waals surface area contributed by atoms with Crippen molar-refractivity contribution < 1.29 is 0 Å². The van der Waals surface area contributed by atoms with E-state index in [2.05, 4.69) is 50.8 Å². The van der Waals surface area contributed by atoms with Crippen LogP contribution in [0.2, 0.25) is 0 Å². The third kappa shape index (κ3) is 2.41. The third-order valence-electron chi connectivity index (χ3n) is 5.10. The van der Waals surface area contributed by atoms with Crippen molar-refractivity contribution in [1.29, 1.82) is 0 Å². The summed E-state index contributed by atoms with van der Waals surface area (Å²) < 4.78 is 3.64. The van der Waals surface area contributed by atoms with Crippen LogP contribution in [0.3, 0.4) is 0 Å². The highest BCUT2D eigenvalue weighted by Crippen LogP contribution is 2.31. The molecule has 132 valence electrons. The van der Waals surface area contributed by atoms with Crippen LogP contribution in [0.5, 0.6) is 0 Å². The van der Waals surface area contributed by atoms with Crippen LogP contribution in [0.25, 0.3) is 27.7 Å². The first-order chi connectivity index (χ1) is 12.5. The van der Waals surface area contributed by atoms with E-state index in [1.807, 2.05) is 30.0 Å². The summed E-state index contributed by atoms with van der Waals surface area (Å²) in [5.41, 5.74) is 11.0. The smallest absolute Gasteiger partial charge is 0.241 e. The summed E-state index contributed by atoms with van der Waals surface area (Å²) in [5.74, 6) is 0.631. The van der Waals surface area contributed by atoms with Crippen molar-refractivity contribution in [2.45, 2.75) is 31.3 Å². The van der Waals surface area contributed by atoms with Crippen LogP contribution in [0.15, 0.2) is 36.7 Å². The van der Waals surface area contributed by atoms with Crippen LogP contribution in [0.1, 0.15) is 19.8 Å². The van der Waals surface area contributed by atoms with E-state index in [9.17, 15) is 0 Å². The summed E-state index contributed by atoms with van der Waals surface area (Å²) >= 11 is 0. The minimum absolute atomic E-state index is 0.0678. The van der Waals surface area contributed by atoms with Gasteiger partial charge in [-0.3, -0.25) is 0 Å². The van der Waals surface area contributed by atoms with Crippen LogP contribution in [0, 0.1) is 0 Å². The second kappa shape index (κ2) is 5.25. The molecule has 3 aromatic heterocycles. The molecule has 0 saturated heterocycles. The molecule has 26 heavy (non-hydrogen) atoms. The number of aryl methyl sites for hydroxylation is 1. The largest absolute Gasteiger partial charge is 0.350 e. The van der Waals surface area contributed by atoms with Gasteiger partial charge >= 0.3 is 0 Å². The summed E-state index contributed by atoms with van der Waals surface area (Å²) in [6, 6.07) is 8.52. The van der Waals surface area contributed by atoms with E-state index in [1.165, 1.54) is 0 Å². The van der Waals surface area contributed by atoms with Crippen molar-refractivity contribution in [2.24, 2.45) is 12.8 Å². The molecule has 0 bridgehead atoms. The van der Waals surface area contributed by atoms with Gasteiger partial charge in [-0.15, -0.1) is 10.2 Å². The zero-order valence-electron chi connectivity index (χ0n) is 14.7. The van der Waals surface area contributed by atoms with Crippen molar-refractivity contribution in [3.05, 3.63) is 36.7 Å². The minimum atomic E-state index is -0.0678. The van der Waals surface area contributed by atoms with Crippen LogP contribution >= 0.6 is 0 Å². The molecule has 5 rings (SSSR count). The molecular formula is C18H20N8. The van der Waals surface area contributed by atoms with Gasteiger partial charge in [0, 0.05) is 30.4 Å². The number of aromatic nitrogens is 6. The molecule has 8 heteroatoms. The quantitative estimate of drug-likeness (QED) is 0.587. The number of nitrogens with zero attached hydrogens (tertiary/aromatic N) is 6. The Hall–Kier alpha value is -3.00. The van der Waals surface area contributed by atoms with Crippen LogP contribution < -0.4 is 11.1 Å². The summed E-state index contributed by atoms with van der Waals surface area (Å²) in [6.45, 7) is 2.07. The lowest BCUT2D eigenvalue weighted by atomic mass is 9.75. The fourth-order valence-corrected chi connectivity index (χ4v) is 3.76. The Labute approximate surface area is 150 Å². The first-order valence-corrected chi connectivity index (χ1v) is 8.68. The highest BCUT2D eigenvalue weighted by molar-refractivity contribution is 5.87. The Kier molecular flexibility index (Phi) is 3.08. The molecule has 8 nitrogen and oxygen atoms in total. The molecule has 0 amide bonds. The molecule has 0 atom stereocenters. The average Bonchev–Trinajstić information content (AvgIpc) is 3.16. The van der Waals surface area contributed by atoms with E-state index in [0.29, 0.717) is 12.0 Å². The zero-order chi connectivity index (χ0) is 17.9. The SMILES string of the molecule is Cn1nnc2ccc(-c3ccn4nc(NC5CC(C)(N)C5)ncc34)cc21. The Bertz CT molecular complexity index is 1110. The molecule has 3 N–H and O–H groups in total. The molecule has 0 radical (unpaired) electrons.